The summed E-state index contributed by atoms with van der Waals surface area (Å²) in [6.45, 7) is 8.76. The number of pyridine rings is 1. The van der Waals surface area contributed by atoms with Crippen LogP contribution in [0.1, 0.15) is 22.3 Å². The van der Waals surface area contributed by atoms with Crippen LogP contribution in [0.25, 0.3) is 44.4 Å². The lowest BCUT2D eigenvalue weighted by molar-refractivity contribution is 0.483. The van der Waals surface area contributed by atoms with Crippen molar-refractivity contribution in [3.8, 4) is 34.1 Å². The molecule has 7 aromatic rings. The van der Waals surface area contributed by atoms with Crippen LogP contribution in [-0.4, -0.2) is 31.8 Å². The molecule has 0 amide bonds. The Morgan fingerprint density at radius 3 is 2.18 bits per heavy atom. The maximum absolute atomic E-state index is 6.49. The van der Waals surface area contributed by atoms with Crippen molar-refractivity contribution in [2.24, 2.45) is 0 Å². The van der Waals surface area contributed by atoms with E-state index < -0.39 is 0 Å². The number of ether oxygens (including phenoxy) is 1. The van der Waals surface area contributed by atoms with Gasteiger partial charge in [0.1, 0.15) is 17.3 Å². The van der Waals surface area contributed by atoms with Crippen LogP contribution in [-0.2, 0) is 0 Å². The van der Waals surface area contributed by atoms with E-state index in [4.69, 9.17) is 14.8 Å². The number of para-hydroxylation sites is 1. The Morgan fingerprint density at radius 1 is 0.689 bits per heavy atom. The van der Waals surface area contributed by atoms with E-state index in [1.807, 2.05) is 47.4 Å². The number of aryl methyl sites for hydroxylation is 1. The largest absolute Gasteiger partial charge is 0.457 e. The summed E-state index contributed by atoms with van der Waals surface area (Å²) in [5.41, 5.74) is 10.7. The summed E-state index contributed by atoms with van der Waals surface area (Å²) in [6.07, 6.45) is 10.3. The van der Waals surface area contributed by atoms with Gasteiger partial charge in [-0.3, -0.25) is 4.57 Å². The lowest BCUT2D eigenvalue weighted by Crippen LogP contribution is -1.98. The van der Waals surface area contributed by atoms with Crippen molar-refractivity contribution in [2.45, 2.75) is 37.5 Å². The molecule has 4 aromatic carbocycles. The summed E-state index contributed by atoms with van der Waals surface area (Å²) in [7, 11) is 0. The summed E-state index contributed by atoms with van der Waals surface area (Å²) in [5, 5.41) is 7.14. The fourth-order valence-electron chi connectivity index (χ4n) is 6.19. The Labute approximate surface area is 272 Å². The van der Waals surface area contributed by atoms with Crippen LogP contribution in [0.4, 0.5) is 0 Å². The van der Waals surface area contributed by atoms with Gasteiger partial charge in [-0.2, -0.15) is 5.10 Å². The number of hydrogen-bond donors (Lipinski definition) is 0. The zero-order chi connectivity index (χ0) is 31.2. The van der Waals surface area contributed by atoms with E-state index in [1.165, 1.54) is 43.0 Å². The number of fused-ring (bicyclic) bond motifs is 3. The predicted molar refractivity (Wildman–Crippen MR) is 190 cm³/mol. The van der Waals surface area contributed by atoms with Crippen molar-refractivity contribution >= 4 is 45.3 Å². The zero-order valence-corrected chi connectivity index (χ0v) is 27.9. The molecule has 0 aliphatic carbocycles. The van der Waals surface area contributed by atoms with Crippen LogP contribution in [0.2, 0.25) is 0 Å². The van der Waals surface area contributed by atoms with E-state index in [9.17, 15) is 0 Å². The van der Waals surface area contributed by atoms with Gasteiger partial charge in [-0.15, -0.1) is 23.5 Å². The molecule has 0 radical (unpaired) electrons. The molecule has 0 saturated heterocycles. The average Bonchev–Trinajstić information content (AvgIpc) is 3.67. The number of aromatic nitrogens is 4. The van der Waals surface area contributed by atoms with Crippen molar-refractivity contribution in [3.05, 3.63) is 120 Å². The van der Waals surface area contributed by atoms with Crippen molar-refractivity contribution in [1.82, 2.24) is 19.3 Å². The minimum absolute atomic E-state index is 0.747. The Kier molecular flexibility index (Phi) is 7.68. The molecular formula is C38H34N4OS2. The van der Waals surface area contributed by atoms with Crippen LogP contribution in [0, 0.1) is 27.7 Å². The molecule has 0 spiro atoms. The first-order valence-electron chi connectivity index (χ1n) is 14.9. The van der Waals surface area contributed by atoms with Crippen LogP contribution in [0.5, 0.6) is 11.5 Å². The van der Waals surface area contributed by atoms with Gasteiger partial charge in [-0.25, -0.2) is 9.67 Å². The highest BCUT2D eigenvalue weighted by atomic mass is 32.2. The van der Waals surface area contributed by atoms with Crippen molar-refractivity contribution in [3.63, 3.8) is 0 Å². The molecule has 0 aliphatic heterocycles. The quantitative estimate of drug-likeness (QED) is 0.165. The van der Waals surface area contributed by atoms with E-state index in [2.05, 4.69) is 99.5 Å². The molecule has 0 aliphatic rings. The Balaban J connectivity index is 1.26. The van der Waals surface area contributed by atoms with Crippen LogP contribution >= 0.6 is 23.5 Å². The fourth-order valence-corrected chi connectivity index (χ4v) is 8.03. The normalized spacial score (nSPS) is 11.5. The molecule has 0 unspecified atom stereocenters. The minimum atomic E-state index is 0.747. The highest BCUT2D eigenvalue weighted by molar-refractivity contribution is 7.99. The third-order valence-corrected chi connectivity index (χ3v) is 10.5. The van der Waals surface area contributed by atoms with Crippen molar-refractivity contribution < 1.29 is 4.74 Å². The Hall–Kier alpha value is -4.46. The molecule has 7 heteroatoms. The third-order valence-electron chi connectivity index (χ3n) is 8.63. The molecule has 0 saturated carbocycles. The lowest BCUT2D eigenvalue weighted by Gasteiger charge is -2.19. The van der Waals surface area contributed by atoms with E-state index in [0.29, 0.717) is 0 Å². The predicted octanol–water partition coefficient (Wildman–Crippen LogP) is 10.5. The standard InChI is InChI=1S/C38H34N4OS2/c1-23-16-17-39-35(18-23)42-33-13-8-7-12-31(33)32-15-14-30(20-34(32)42)43-29-11-9-10-28(19-29)41-22-27(21-40-41)36-37(44-5)25(3)24(2)26(4)38(36)45-6/h7-22H,1-6H3. The second kappa shape index (κ2) is 11.8. The maximum atomic E-state index is 6.49. The van der Waals surface area contributed by atoms with Crippen LogP contribution in [0.15, 0.2) is 107 Å². The summed E-state index contributed by atoms with van der Waals surface area (Å²) >= 11 is 3.61. The number of nitrogens with zero attached hydrogens (tertiary/aromatic N) is 4. The maximum Gasteiger partial charge on any atom is 0.137 e. The molecule has 224 valence electrons. The highest BCUT2D eigenvalue weighted by Crippen LogP contribution is 2.44. The lowest BCUT2D eigenvalue weighted by atomic mass is 9.97. The Morgan fingerprint density at radius 2 is 1.42 bits per heavy atom. The number of benzene rings is 4. The van der Waals surface area contributed by atoms with Gasteiger partial charge in [0.25, 0.3) is 0 Å². The van der Waals surface area contributed by atoms with Gasteiger partial charge >= 0.3 is 0 Å². The molecule has 3 heterocycles. The van der Waals surface area contributed by atoms with Crippen LogP contribution in [0.3, 0.4) is 0 Å². The fraction of sp³-hybridized carbons (Fsp3) is 0.158. The molecular weight excluding hydrogens is 593 g/mol. The number of thioether (sulfide) groups is 2. The molecule has 0 N–H and O–H groups in total. The molecule has 0 atom stereocenters. The SMILES string of the molecule is CSc1c(C)c(C)c(C)c(SC)c1-c1cnn(-c2cccc(Oc3ccc4c5ccccc5n(-c5cc(C)ccn5)c4c3)c2)c1. The highest BCUT2D eigenvalue weighted by Gasteiger charge is 2.20. The first kappa shape index (κ1) is 29.3. The summed E-state index contributed by atoms with van der Waals surface area (Å²) in [4.78, 5) is 7.34. The Bertz CT molecular complexity index is 2200. The molecule has 3 aromatic heterocycles. The first-order valence-corrected chi connectivity index (χ1v) is 17.3. The van der Waals surface area contributed by atoms with E-state index in [1.54, 1.807) is 23.5 Å². The summed E-state index contributed by atoms with van der Waals surface area (Å²) in [6, 6.07) is 27.0. The van der Waals surface area contributed by atoms with Gasteiger partial charge in [-0.05, 0) is 105 Å². The molecule has 7 rings (SSSR count). The number of hydrogen-bond acceptors (Lipinski definition) is 5. The topological polar surface area (TPSA) is 44.9 Å². The van der Waals surface area contributed by atoms with Gasteiger partial charge in [0.15, 0.2) is 0 Å². The van der Waals surface area contributed by atoms with E-state index in [0.717, 1.165) is 45.0 Å². The third kappa shape index (κ3) is 5.10. The van der Waals surface area contributed by atoms with E-state index in [-0.39, 0.29) is 0 Å². The van der Waals surface area contributed by atoms with Crippen molar-refractivity contribution in [2.75, 3.05) is 12.5 Å². The summed E-state index contributed by atoms with van der Waals surface area (Å²) < 4.78 is 10.6. The first-order chi connectivity index (χ1) is 21.9. The second-order valence-electron chi connectivity index (χ2n) is 11.3. The monoisotopic (exact) mass is 626 g/mol. The molecule has 45 heavy (non-hydrogen) atoms. The number of rotatable bonds is 7. The molecule has 5 nitrogen and oxygen atoms in total. The smallest absolute Gasteiger partial charge is 0.137 e. The molecule has 0 bridgehead atoms. The van der Waals surface area contributed by atoms with Crippen LogP contribution < -0.4 is 4.74 Å². The van der Waals surface area contributed by atoms with Gasteiger partial charge in [0.05, 0.1) is 22.9 Å². The van der Waals surface area contributed by atoms with Gasteiger partial charge in [0.2, 0.25) is 0 Å². The van der Waals surface area contributed by atoms with E-state index >= 15 is 0 Å². The second-order valence-corrected chi connectivity index (χ2v) is 12.9. The molecule has 0 fully saturated rings. The van der Waals surface area contributed by atoms with Gasteiger partial charge in [0, 0.05) is 56.2 Å². The van der Waals surface area contributed by atoms with Gasteiger partial charge < -0.3 is 4.74 Å². The minimum Gasteiger partial charge on any atom is -0.457 e. The zero-order valence-electron chi connectivity index (χ0n) is 26.3. The average molecular weight is 627 g/mol. The van der Waals surface area contributed by atoms with Crippen molar-refractivity contribution in [1.29, 1.82) is 0 Å². The van der Waals surface area contributed by atoms with Gasteiger partial charge in [-0.1, -0.05) is 24.3 Å². The summed E-state index contributed by atoms with van der Waals surface area (Å²) in [5.74, 6) is 2.40.